The van der Waals surface area contributed by atoms with E-state index in [1.807, 2.05) is 35.0 Å². The van der Waals surface area contributed by atoms with Gasteiger partial charge >= 0.3 is 0 Å². The molecule has 7 heteroatoms. The van der Waals surface area contributed by atoms with Crippen molar-refractivity contribution < 1.29 is 14.2 Å². The summed E-state index contributed by atoms with van der Waals surface area (Å²) in [6.07, 6.45) is 8.74. The molecule has 4 aromatic rings. The third kappa shape index (κ3) is 2.79. The van der Waals surface area contributed by atoms with Crippen molar-refractivity contribution in [2.45, 2.75) is 0 Å². The number of methoxy groups -OCH3 is 1. The van der Waals surface area contributed by atoms with E-state index < -0.39 is 11.6 Å². The zero-order valence-corrected chi connectivity index (χ0v) is 13.9. The summed E-state index contributed by atoms with van der Waals surface area (Å²) in [5, 5.41) is 14.0. The zero-order chi connectivity index (χ0) is 18.1. The molecule has 4 rings (SSSR count). The van der Waals surface area contributed by atoms with Crippen molar-refractivity contribution in [2.75, 3.05) is 7.11 Å². The Kier molecular flexibility index (Phi) is 3.89. The van der Waals surface area contributed by atoms with Crippen LogP contribution in [0, 0.1) is 5.82 Å². The Hall–Kier alpha value is -3.61. The lowest BCUT2D eigenvalue weighted by Crippen LogP contribution is -1.95. The number of rotatable bonds is 4. The van der Waals surface area contributed by atoms with Gasteiger partial charge in [-0.15, -0.1) is 0 Å². The van der Waals surface area contributed by atoms with Crippen LogP contribution in [0.2, 0.25) is 0 Å². The van der Waals surface area contributed by atoms with Gasteiger partial charge in [-0.2, -0.15) is 5.10 Å². The molecule has 0 radical (unpaired) electrons. The van der Waals surface area contributed by atoms with E-state index in [9.17, 15) is 9.50 Å². The lowest BCUT2D eigenvalue weighted by atomic mass is 10.1. The standard InChI is InChI=1S/C19H15FN4O2/c1-26-18-9-13(8-17(20)19(18)25)14-10-22-24(11-14)16-4-2-15(3-5-16)23-7-6-21-12-23/h2-12,25H,1H3. The normalized spacial score (nSPS) is 10.8. The highest BCUT2D eigenvalue weighted by Gasteiger charge is 2.13. The lowest BCUT2D eigenvalue weighted by molar-refractivity contribution is 0.357. The molecule has 0 saturated heterocycles. The number of nitrogens with zero attached hydrogens (tertiary/aromatic N) is 4. The van der Waals surface area contributed by atoms with Gasteiger partial charge in [0.05, 0.1) is 25.3 Å². The molecule has 0 atom stereocenters. The van der Waals surface area contributed by atoms with Crippen LogP contribution < -0.4 is 4.74 Å². The average molecular weight is 350 g/mol. The minimum absolute atomic E-state index is 0.0810. The smallest absolute Gasteiger partial charge is 0.194 e. The molecule has 26 heavy (non-hydrogen) atoms. The molecule has 0 saturated carbocycles. The predicted molar refractivity (Wildman–Crippen MR) is 94.3 cm³/mol. The second-order valence-corrected chi connectivity index (χ2v) is 5.67. The van der Waals surface area contributed by atoms with Crippen LogP contribution in [0.5, 0.6) is 11.5 Å². The first-order valence-corrected chi connectivity index (χ1v) is 7.86. The topological polar surface area (TPSA) is 65.1 Å². The Morgan fingerprint density at radius 3 is 2.54 bits per heavy atom. The van der Waals surface area contributed by atoms with Crippen LogP contribution in [0.1, 0.15) is 0 Å². The molecular formula is C19H15FN4O2. The van der Waals surface area contributed by atoms with Gasteiger partial charge in [-0.25, -0.2) is 14.1 Å². The fraction of sp³-hybridized carbons (Fsp3) is 0.0526. The first kappa shape index (κ1) is 15.9. The van der Waals surface area contributed by atoms with Gasteiger partial charge in [-0.3, -0.25) is 0 Å². The Bertz CT molecular complexity index is 1040. The van der Waals surface area contributed by atoms with Crippen molar-refractivity contribution in [1.29, 1.82) is 0 Å². The molecule has 0 amide bonds. The van der Waals surface area contributed by atoms with E-state index in [1.54, 1.807) is 35.7 Å². The van der Waals surface area contributed by atoms with Gasteiger partial charge in [0.1, 0.15) is 0 Å². The summed E-state index contributed by atoms with van der Waals surface area (Å²) in [7, 11) is 1.38. The van der Waals surface area contributed by atoms with Crippen LogP contribution in [0.15, 0.2) is 67.5 Å². The molecule has 0 aliphatic heterocycles. The molecule has 2 aromatic carbocycles. The number of phenols is 1. The molecule has 1 N–H and O–H groups in total. The quantitative estimate of drug-likeness (QED) is 0.611. The monoisotopic (exact) mass is 350 g/mol. The second-order valence-electron chi connectivity index (χ2n) is 5.67. The summed E-state index contributed by atoms with van der Waals surface area (Å²) in [6, 6.07) is 10.6. The van der Waals surface area contributed by atoms with Crippen LogP contribution in [-0.2, 0) is 0 Å². The fourth-order valence-corrected chi connectivity index (χ4v) is 2.70. The average Bonchev–Trinajstić information content (AvgIpc) is 3.36. The maximum Gasteiger partial charge on any atom is 0.194 e. The van der Waals surface area contributed by atoms with Crippen molar-refractivity contribution >= 4 is 0 Å². The van der Waals surface area contributed by atoms with Gasteiger partial charge in [0.15, 0.2) is 17.3 Å². The number of aromatic nitrogens is 4. The number of imidazole rings is 1. The molecule has 6 nitrogen and oxygen atoms in total. The summed E-state index contributed by atoms with van der Waals surface area (Å²) >= 11 is 0. The minimum Gasteiger partial charge on any atom is -0.502 e. The fourth-order valence-electron chi connectivity index (χ4n) is 2.70. The van der Waals surface area contributed by atoms with Gasteiger partial charge in [0.2, 0.25) is 0 Å². The number of aromatic hydroxyl groups is 1. The van der Waals surface area contributed by atoms with Crippen molar-refractivity contribution in [3.8, 4) is 34.0 Å². The van der Waals surface area contributed by atoms with Crippen LogP contribution in [0.3, 0.4) is 0 Å². The van der Waals surface area contributed by atoms with Gasteiger partial charge in [0.25, 0.3) is 0 Å². The van der Waals surface area contributed by atoms with Gasteiger partial charge in [-0.1, -0.05) is 0 Å². The number of hydrogen-bond donors (Lipinski definition) is 1. The molecule has 0 fully saturated rings. The number of ether oxygens (including phenoxy) is 1. The van der Waals surface area contributed by atoms with Gasteiger partial charge in [0, 0.05) is 29.8 Å². The highest BCUT2D eigenvalue weighted by Crippen LogP contribution is 2.34. The van der Waals surface area contributed by atoms with E-state index in [-0.39, 0.29) is 5.75 Å². The molecule has 0 spiro atoms. The minimum atomic E-state index is -0.739. The van der Waals surface area contributed by atoms with Crippen LogP contribution in [-0.4, -0.2) is 31.5 Å². The van der Waals surface area contributed by atoms with Crippen LogP contribution in [0.4, 0.5) is 4.39 Å². The third-order valence-electron chi connectivity index (χ3n) is 4.08. The highest BCUT2D eigenvalue weighted by molar-refractivity contribution is 5.66. The molecule has 0 bridgehead atoms. The Labute approximate surface area is 148 Å². The van der Waals surface area contributed by atoms with Crippen molar-refractivity contribution in [2.24, 2.45) is 0 Å². The van der Waals surface area contributed by atoms with Crippen molar-refractivity contribution in [3.05, 3.63) is 73.3 Å². The zero-order valence-electron chi connectivity index (χ0n) is 13.9. The highest BCUT2D eigenvalue weighted by atomic mass is 19.1. The largest absolute Gasteiger partial charge is 0.502 e. The summed E-state index contributed by atoms with van der Waals surface area (Å²) in [4.78, 5) is 4.03. The summed E-state index contributed by atoms with van der Waals surface area (Å²) in [5.74, 6) is -1.16. The lowest BCUT2D eigenvalue weighted by Gasteiger charge is -2.07. The molecule has 130 valence electrons. The molecule has 2 heterocycles. The van der Waals surface area contributed by atoms with E-state index in [4.69, 9.17) is 4.74 Å². The van der Waals surface area contributed by atoms with Crippen LogP contribution in [0.25, 0.3) is 22.5 Å². The SMILES string of the molecule is COc1cc(-c2cnn(-c3ccc(-n4ccnc4)cc3)c2)cc(F)c1O. The first-order chi connectivity index (χ1) is 12.7. The van der Waals surface area contributed by atoms with Gasteiger partial charge < -0.3 is 14.4 Å². The summed E-state index contributed by atoms with van der Waals surface area (Å²) in [6.45, 7) is 0. The number of benzene rings is 2. The van der Waals surface area contributed by atoms with Gasteiger partial charge in [-0.05, 0) is 42.0 Å². The number of halogens is 1. The summed E-state index contributed by atoms with van der Waals surface area (Å²) in [5.41, 5.74) is 3.13. The van der Waals surface area contributed by atoms with Crippen molar-refractivity contribution in [3.63, 3.8) is 0 Å². The molecule has 2 aromatic heterocycles. The second kappa shape index (κ2) is 6.36. The first-order valence-electron chi connectivity index (χ1n) is 7.86. The van der Waals surface area contributed by atoms with E-state index in [0.717, 1.165) is 11.4 Å². The Morgan fingerprint density at radius 2 is 1.85 bits per heavy atom. The molecule has 0 unspecified atom stereocenters. The maximum absolute atomic E-state index is 13.9. The van der Waals surface area contributed by atoms with E-state index in [2.05, 4.69) is 10.1 Å². The number of hydrogen-bond acceptors (Lipinski definition) is 4. The molecular weight excluding hydrogens is 335 g/mol. The van der Waals surface area contributed by atoms with E-state index >= 15 is 0 Å². The Morgan fingerprint density at radius 1 is 1.08 bits per heavy atom. The maximum atomic E-state index is 13.9. The number of phenolic OH excluding ortho intramolecular Hbond substituents is 1. The molecule has 0 aliphatic rings. The van der Waals surface area contributed by atoms with E-state index in [1.165, 1.54) is 13.2 Å². The van der Waals surface area contributed by atoms with E-state index in [0.29, 0.717) is 11.1 Å². The predicted octanol–water partition coefficient (Wildman–Crippen LogP) is 3.58. The Balaban J connectivity index is 1.65. The van der Waals surface area contributed by atoms with Crippen LogP contribution >= 0.6 is 0 Å². The third-order valence-corrected chi connectivity index (χ3v) is 4.08. The van der Waals surface area contributed by atoms with Crippen molar-refractivity contribution in [1.82, 2.24) is 19.3 Å². The summed E-state index contributed by atoms with van der Waals surface area (Å²) < 4.78 is 22.5. The molecule has 0 aliphatic carbocycles.